The van der Waals surface area contributed by atoms with Gasteiger partial charge in [0.2, 0.25) is 5.60 Å². The molecule has 5 rings (SSSR count). The van der Waals surface area contributed by atoms with Crippen LogP contribution in [0.15, 0.2) is 67.0 Å². The molecule has 0 saturated carbocycles. The fourth-order valence-corrected chi connectivity index (χ4v) is 6.79. The van der Waals surface area contributed by atoms with Gasteiger partial charge in [-0.2, -0.15) is 26.3 Å². The van der Waals surface area contributed by atoms with Gasteiger partial charge in [0, 0.05) is 58.6 Å². The molecular formula is C36H40F6N4O5. The third kappa shape index (κ3) is 8.35. The van der Waals surface area contributed by atoms with E-state index in [1.165, 1.54) is 4.90 Å². The molecule has 2 amide bonds. The summed E-state index contributed by atoms with van der Waals surface area (Å²) in [6, 6.07) is 11.0. The number of methoxy groups -OCH3 is 1. The fraction of sp³-hybridized carbons (Fsp3) is 0.472. The topological polar surface area (TPSA) is 84.4 Å². The van der Waals surface area contributed by atoms with Gasteiger partial charge in [-0.25, -0.2) is 0 Å². The first kappa shape index (κ1) is 37.7. The molecule has 51 heavy (non-hydrogen) atoms. The van der Waals surface area contributed by atoms with E-state index in [0.717, 1.165) is 48.4 Å². The van der Waals surface area contributed by atoms with Crippen LogP contribution in [0.2, 0.25) is 0 Å². The molecule has 0 spiro atoms. The Morgan fingerprint density at radius 3 is 2.25 bits per heavy atom. The van der Waals surface area contributed by atoms with Crippen molar-refractivity contribution in [2.45, 2.75) is 56.6 Å². The van der Waals surface area contributed by atoms with Crippen LogP contribution in [0, 0.1) is 0 Å². The zero-order valence-corrected chi connectivity index (χ0v) is 28.3. The minimum absolute atomic E-state index is 0.0364. The molecule has 2 atom stereocenters. The summed E-state index contributed by atoms with van der Waals surface area (Å²) in [6.07, 6.45) is -6.79. The maximum Gasteiger partial charge on any atom is 0.417 e. The quantitative estimate of drug-likeness (QED) is 0.161. The van der Waals surface area contributed by atoms with E-state index in [-0.39, 0.29) is 44.6 Å². The van der Waals surface area contributed by atoms with E-state index in [2.05, 4.69) is 9.88 Å². The Morgan fingerprint density at radius 1 is 0.902 bits per heavy atom. The predicted octanol–water partition coefficient (Wildman–Crippen LogP) is 6.72. The number of amides is 2. The second-order valence-electron chi connectivity index (χ2n) is 12.4. The summed E-state index contributed by atoms with van der Waals surface area (Å²) in [6.45, 7) is 3.85. The molecule has 2 saturated heterocycles. The van der Waals surface area contributed by atoms with Crippen molar-refractivity contribution in [3.05, 3.63) is 83.7 Å². The summed E-state index contributed by atoms with van der Waals surface area (Å²) < 4.78 is 99.8. The van der Waals surface area contributed by atoms with E-state index >= 15 is 0 Å². The van der Waals surface area contributed by atoms with Gasteiger partial charge in [0.15, 0.2) is 0 Å². The lowest BCUT2D eigenvalue weighted by molar-refractivity contribution is -0.159. The number of alkyl halides is 6. The number of aromatic nitrogens is 1. The molecule has 276 valence electrons. The fourth-order valence-electron chi connectivity index (χ4n) is 6.79. The molecule has 0 N–H and O–H groups in total. The number of piperidine rings is 1. The van der Waals surface area contributed by atoms with Crippen LogP contribution in [0.4, 0.5) is 32.0 Å². The average molecular weight is 723 g/mol. The number of hydrogen-bond donors (Lipinski definition) is 0. The second-order valence-corrected chi connectivity index (χ2v) is 12.4. The molecule has 9 nitrogen and oxygen atoms in total. The van der Waals surface area contributed by atoms with E-state index in [0.29, 0.717) is 38.5 Å². The van der Waals surface area contributed by atoms with Gasteiger partial charge in [0.05, 0.1) is 35.0 Å². The second kappa shape index (κ2) is 15.8. The Morgan fingerprint density at radius 2 is 1.61 bits per heavy atom. The van der Waals surface area contributed by atoms with Crippen LogP contribution in [0.3, 0.4) is 0 Å². The van der Waals surface area contributed by atoms with Crippen molar-refractivity contribution in [3.63, 3.8) is 0 Å². The molecule has 0 radical (unpaired) electrons. The number of likely N-dealkylation sites (tertiary alicyclic amines) is 1. The van der Waals surface area contributed by atoms with Crippen LogP contribution < -0.4 is 14.4 Å². The normalized spacial score (nSPS) is 19.9. The molecule has 2 aliphatic heterocycles. The molecule has 1 aromatic heterocycles. The van der Waals surface area contributed by atoms with Gasteiger partial charge in [0.25, 0.3) is 11.8 Å². The van der Waals surface area contributed by atoms with Crippen molar-refractivity contribution in [3.8, 4) is 11.5 Å². The Labute approximate surface area is 292 Å². The maximum atomic E-state index is 14.8. The number of carbonyl (C=O) groups excluding carboxylic acids is 2. The van der Waals surface area contributed by atoms with Gasteiger partial charge < -0.3 is 28.9 Å². The smallest absolute Gasteiger partial charge is 0.417 e. The highest BCUT2D eigenvalue weighted by Crippen LogP contribution is 2.41. The largest absolute Gasteiger partial charge is 0.489 e. The Balaban J connectivity index is 1.49. The Hall–Kier alpha value is -4.53. The number of ether oxygens (including phenoxy) is 3. The van der Waals surface area contributed by atoms with Crippen molar-refractivity contribution in [1.82, 2.24) is 14.8 Å². The maximum absolute atomic E-state index is 14.8. The zero-order chi connectivity index (χ0) is 36.8. The Kier molecular flexibility index (Phi) is 11.7. The number of piperazine rings is 1. The number of carbonyl (C=O) groups is 2. The summed E-state index contributed by atoms with van der Waals surface area (Å²) in [5.41, 5.74) is -3.73. The number of para-hydroxylation sites is 2. The number of pyridine rings is 1. The number of rotatable bonds is 11. The van der Waals surface area contributed by atoms with Gasteiger partial charge in [-0.05, 0) is 55.3 Å². The first-order valence-corrected chi connectivity index (χ1v) is 16.7. The molecular weight excluding hydrogens is 682 g/mol. The molecule has 2 aromatic carbocycles. The lowest BCUT2D eigenvalue weighted by atomic mass is 9.79. The van der Waals surface area contributed by atoms with Crippen LogP contribution in [0.1, 0.15) is 54.1 Å². The Bertz CT molecular complexity index is 1650. The molecule has 2 aliphatic rings. The number of nitrogens with zero attached hydrogens (tertiary/aromatic N) is 4. The van der Waals surface area contributed by atoms with Crippen molar-refractivity contribution in [2.75, 3.05) is 57.9 Å². The van der Waals surface area contributed by atoms with E-state index in [4.69, 9.17) is 14.2 Å². The third-order valence-corrected chi connectivity index (χ3v) is 9.20. The van der Waals surface area contributed by atoms with Crippen LogP contribution in [-0.4, -0.2) is 91.3 Å². The minimum atomic E-state index is -4.85. The van der Waals surface area contributed by atoms with E-state index in [1.807, 2.05) is 24.3 Å². The average Bonchev–Trinajstić information content (AvgIpc) is 3.12. The number of anilines is 1. The standard InChI is InChI=1S/C36H40F6N4O5/c1-3-7-31-34(51-26-12-10-25(11-13-26)35(37,38)39,15-6-17-46(31)32(47)27-24-43-16-14-28(27)36(40,41)42)33(48)45-20-18-44(19-21-45)29-8-4-5-9-30(29)50-23-22-49-2/h4-5,8-14,16,24,31H,3,6-7,15,17-23H2,1-2H3/t31?,34-/m0/s1. The first-order valence-electron chi connectivity index (χ1n) is 16.7. The summed E-state index contributed by atoms with van der Waals surface area (Å²) in [5.74, 6) is -0.846. The van der Waals surface area contributed by atoms with Crippen LogP contribution in [-0.2, 0) is 21.9 Å². The monoisotopic (exact) mass is 722 g/mol. The molecule has 2 fully saturated rings. The van der Waals surface area contributed by atoms with Gasteiger partial charge in [0.1, 0.15) is 18.1 Å². The summed E-state index contributed by atoms with van der Waals surface area (Å²) in [7, 11) is 1.57. The first-order chi connectivity index (χ1) is 24.3. The predicted molar refractivity (Wildman–Crippen MR) is 176 cm³/mol. The SMILES string of the molecule is CCCC1N(C(=O)c2cnccc2C(F)(F)F)CCC[C@@]1(Oc1ccc(C(F)(F)F)cc1)C(=O)N1CCN(c2ccccc2OCCOC)CC1. The molecule has 0 aliphatic carbocycles. The molecule has 0 bridgehead atoms. The lowest BCUT2D eigenvalue weighted by Gasteiger charge is -2.51. The van der Waals surface area contributed by atoms with Gasteiger partial charge in [-0.3, -0.25) is 14.6 Å². The van der Waals surface area contributed by atoms with Crippen LogP contribution in [0.25, 0.3) is 0 Å². The molecule has 15 heteroatoms. The zero-order valence-electron chi connectivity index (χ0n) is 28.3. The highest BCUT2D eigenvalue weighted by Gasteiger charge is 2.56. The molecule has 3 aromatic rings. The number of halogens is 6. The molecule has 3 heterocycles. The number of benzene rings is 2. The highest BCUT2D eigenvalue weighted by molar-refractivity contribution is 5.97. The van der Waals surface area contributed by atoms with Crippen molar-refractivity contribution < 1.29 is 50.1 Å². The van der Waals surface area contributed by atoms with E-state index in [1.54, 1.807) is 18.9 Å². The summed E-state index contributed by atoms with van der Waals surface area (Å²) in [5, 5.41) is 0. The minimum Gasteiger partial charge on any atom is -0.489 e. The van der Waals surface area contributed by atoms with Crippen molar-refractivity contribution in [1.29, 1.82) is 0 Å². The molecule has 1 unspecified atom stereocenters. The van der Waals surface area contributed by atoms with Gasteiger partial charge in [-0.1, -0.05) is 25.5 Å². The number of hydrogen-bond acceptors (Lipinski definition) is 7. The van der Waals surface area contributed by atoms with Crippen molar-refractivity contribution >= 4 is 17.5 Å². The van der Waals surface area contributed by atoms with Gasteiger partial charge >= 0.3 is 12.4 Å². The van der Waals surface area contributed by atoms with Gasteiger partial charge in [-0.15, -0.1) is 0 Å². The van der Waals surface area contributed by atoms with E-state index < -0.39 is 52.5 Å². The van der Waals surface area contributed by atoms with E-state index in [9.17, 15) is 35.9 Å². The summed E-state index contributed by atoms with van der Waals surface area (Å²) in [4.78, 5) is 37.5. The van der Waals surface area contributed by atoms with Crippen molar-refractivity contribution in [2.24, 2.45) is 0 Å². The lowest BCUT2D eigenvalue weighted by Crippen LogP contribution is -2.69. The summed E-state index contributed by atoms with van der Waals surface area (Å²) >= 11 is 0. The van der Waals surface area contributed by atoms with Crippen LogP contribution >= 0.6 is 0 Å². The highest BCUT2D eigenvalue weighted by atomic mass is 19.4. The van der Waals surface area contributed by atoms with Crippen LogP contribution in [0.5, 0.6) is 11.5 Å². The third-order valence-electron chi connectivity index (χ3n) is 9.20.